The van der Waals surface area contributed by atoms with Crippen LogP contribution in [0.15, 0.2) is 47.3 Å². The number of carbonyl (C=O) groups is 1. The summed E-state index contributed by atoms with van der Waals surface area (Å²) in [4.78, 5) is 30.5. The van der Waals surface area contributed by atoms with Crippen LogP contribution >= 0.6 is 11.6 Å². The molecule has 0 saturated heterocycles. The average molecular weight is 426 g/mol. The number of nitrogens with zero attached hydrogens (tertiary/aromatic N) is 2. The fraction of sp³-hybridized carbons (Fsp3) is 0.261. The van der Waals surface area contributed by atoms with Crippen molar-refractivity contribution in [2.24, 2.45) is 0 Å². The molecular formula is C23H24ClN3O3. The van der Waals surface area contributed by atoms with Gasteiger partial charge in [0.2, 0.25) is 5.91 Å². The van der Waals surface area contributed by atoms with Gasteiger partial charge in [-0.3, -0.25) is 14.2 Å². The number of carbonyl (C=O) groups excluding carboxylic acids is 1. The van der Waals surface area contributed by atoms with Crippen molar-refractivity contribution in [3.63, 3.8) is 0 Å². The van der Waals surface area contributed by atoms with E-state index in [1.165, 1.54) is 4.57 Å². The summed E-state index contributed by atoms with van der Waals surface area (Å²) >= 11 is 5.99. The molecule has 0 spiro atoms. The van der Waals surface area contributed by atoms with Crippen molar-refractivity contribution in [2.45, 2.75) is 33.7 Å². The highest BCUT2D eigenvalue weighted by molar-refractivity contribution is 6.30. The van der Waals surface area contributed by atoms with E-state index in [1.807, 2.05) is 32.0 Å². The van der Waals surface area contributed by atoms with E-state index in [1.54, 1.807) is 31.2 Å². The molecule has 1 heterocycles. The second kappa shape index (κ2) is 9.24. The van der Waals surface area contributed by atoms with Gasteiger partial charge in [-0.05, 0) is 62.2 Å². The molecular weight excluding hydrogens is 402 g/mol. The standard InChI is InChI=1S/C23H24ClN3O3/c1-14-5-4-6-20(15(14)2)26-21(29)13-27-22(17-7-9-18(24)10-8-17)25-16(3)19(11-12-28)23(27)30/h4-10,28H,11-13H2,1-3H3,(H,26,29). The van der Waals surface area contributed by atoms with E-state index < -0.39 is 0 Å². The molecule has 0 unspecified atom stereocenters. The number of aliphatic hydroxyl groups is 1. The predicted octanol–water partition coefficient (Wildman–Crippen LogP) is 3.66. The van der Waals surface area contributed by atoms with Gasteiger partial charge in [-0.1, -0.05) is 23.7 Å². The smallest absolute Gasteiger partial charge is 0.257 e. The Morgan fingerprint density at radius 3 is 2.50 bits per heavy atom. The first-order valence-corrected chi connectivity index (χ1v) is 10.0. The van der Waals surface area contributed by atoms with Crippen molar-refractivity contribution in [3.05, 3.63) is 80.2 Å². The number of aryl methyl sites for hydroxylation is 2. The average Bonchev–Trinajstić information content (AvgIpc) is 2.71. The molecule has 0 aliphatic carbocycles. The Morgan fingerprint density at radius 1 is 1.13 bits per heavy atom. The number of aromatic nitrogens is 2. The Labute approximate surface area is 180 Å². The largest absolute Gasteiger partial charge is 0.396 e. The van der Waals surface area contributed by atoms with Crippen LogP contribution in [0.2, 0.25) is 5.02 Å². The Morgan fingerprint density at radius 2 is 1.83 bits per heavy atom. The van der Waals surface area contributed by atoms with Gasteiger partial charge in [0.05, 0.1) is 0 Å². The van der Waals surface area contributed by atoms with Crippen molar-refractivity contribution < 1.29 is 9.90 Å². The van der Waals surface area contributed by atoms with Gasteiger partial charge in [0, 0.05) is 40.6 Å². The number of halogens is 1. The molecule has 2 aromatic carbocycles. The highest BCUT2D eigenvalue weighted by Gasteiger charge is 2.18. The van der Waals surface area contributed by atoms with Crippen LogP contribution in [0.1, 0.15) is 22.4 Å². The lowest BCUT2D eigenvalue weighted by Gasteiger charge is -2.16. The molecule has 1 aromatic heterocycles. The van der Waals surface area contributed by atoms with Gasteiger partial charge in [-0.2, -0.15) is 0 Å². The number of aliphatic hydroxyl groups excluding tert-OH is 1. The zero-order chi connectivity index (χ0) is 21.8. The third kappa shape index (κ3) is 4.61. The van der Waals surface area contributed by atoms with Crippen LogP contribution in [0.25, 0.3) is 11.4 Å². The van der Waals surface area contributed by atoms with Crippen molar-refractivity contribution in [1.29, 1.82) is 0 Å². The fourth-order valence-corrected chi connectivity index (χ4v) is 3.41. The quantitative estimate of drug-likeness (QED) is 0.631. The maximum absolute atomic E-state index is 13.2. The number of hydrogen-bond donors (Lipinski definition) is 2. The molecule has 3 rings (SSSR count). The van der Waals surface area contributed by atoms with Crippen molar-refractivity contribution in [1.82, 2.24) is 9.55 Å². The number of amides is 1. The molecule has 0 fully saturated rings. The number of anilines is 1. The number of rotatable bonds is 6. The van der Waals surface area contributed by atoms with Gasteiger partial charge in [-0.25, -0.2) is 4.98 Å². The van der Waals surface area contributed by atoms with E-state index in [9.17, 15) is 14.7 Å². The lowest BCUT2D eigenvalue weighted by molar-refractivity contribution is -0.116. The molecule has 6 nitrogen and oxygen atoms in total. The minimum atomic E-state index is -0.336. The molecule has 156 valence electrons. The summed E-state index contributed by atoms with van der Waals surface area (Å²) in [7, 11) is 0. The summed E-state index contributed by atoms with van der Waals surface area (Å²) in [5, 5.41) is 12.8. The topological polar surface area (TPSA) is 84.2 Å². The third-order valence-electron chi connectivity index (χ3n) is 5.11. The maximum atomic E-state index is 13.2. The second-order valence-corrected chi connectivity index (χ2v) is 7.60. The molecule has 30 heavy (non-hydrogen) atoms. The highest BCUT2D eigenvalue weighted by atomic mass is 35.5. The summed E-state index contributed by atoms with van der Waals surface area (Å²) in [6.45, 7) is 5.26. The Hall–Kier alpha value is -2.96. The van der Waals surface area contributed by atoms with Crippen LogP contribution in [0.4, 0.5) is 5.69 Å². The summed E-state index contributed by atoms with van der Waals surface area (Å²) in [6, 6.07) is 12.6. The van der Waals surface area contributed by atoms with E-state index in [2.05, 4.69) is 10.3 Å². The molecule has 7 heteroatoms. The second-order valence-electron chi connectivity index (χ2n) is 7.17. The van der Waals surface area contributed by atoms with Gasteiger partial charge >= 0.3 is 0 Å². The van der Waals surface area contributed by atoms with Crippen LogP contribution < -0.4 is 10.9 Å². The summed E-state index contributed by atoms with van der Waals surface area (Å²) in [5.41, 5.74) is 4.01. The molecule has 0 atom stereocenters. The predicted molar refractivity (Wildman–Crippen MR) is 119 cm³/mol. The molecule has 0 aliphatic heterocycles. The van der Waals surface area contributed by atoms with Gasteiger partial charge in [0.1, 0.15) is 12.4 Å². The fourth-order valence-electron chi connectivity index (χ4n) is 3.29. The normalized spacial score (nSPS) is 10.8. The zero-order valence-corrected chi connectivity index (χ0v) is 18.0. The zero-order valence-electron chi connectivity index (χ0n) is 17.2. The van der Waals surface area contributed by atoms with E-state index in [0.717, 1.165) is 11.1 Å². The van der Waals surface area contributed by atoms with E-state index in [-0.39, 0.29) is 31.0 Å². The molecule has 3 aromatic rings. The monoisotopic (exact) mass is 425 g/mol. The molecule has 0 radical (unpaired) electrons. The molecule has 1 amide bonds. The van der Waals surface area contributed by atoms with Crippen molar-refractivity contribution >= 4 is 23.2 Å². The van der Waals surface area contributed by atoms with Crippen LogP contribution in [0, 0.1) is 20.8 Å². The molecule has 2 N–H and O–H groups in total. The summed E-state index contributed by atoms with van der Waals surface area (Å²) in [6.07, 6.45) is 0.178. The lowest BCUT2D eigenvalue weighted by atomic mass is 10.1. The van der Waals surface area contributed by atoms with E-state index in [0.29, 0.717) is 33.4 Å². The van der Waals surface area contributed by atoms with Crippen LogP contribution in [-0.2, 0) is 17.8 Å². The van der Waals surface area contributed by atoms with E-state index in [4.69, 9.17) is 11.6 Å². The van der Waals surface area contributed by atoms with Gasteiger partial charge < -0.3 is 10.4 Å². The minimum Gasteiger partial charge on any atom is -0.396 e. The van der Waals surface area contributed by atoms with Gasteiger partial charge in [0.15, 0.2) is 0 Å². The highest BCUT2D eigenvalue weighted by Crippen LogP contribution is 2.21. The summed E-state index contributed by atoms with van der Waals surface area (Å²) in [5.74, 6) is 0.0496. The van der Waals surface area contributed by atoms with Crippen LogP contribution in [0.3, 0.4) is 0 Å². The van der Waals surface area contributed by atoms with Crippen molar-refractivity contribution in [3.8, 4) is 11.4 Å². The Balaban J connectivity index is 2.03. The molecule has 0 bridgehead atoms. The Kier molecular flexibility index (Phi) is 6.70. The minimum absolute atomic E-state index is 0.174. The van der Waals surface area contributed by atoms with Crippen LogP contribution in [0.5, 0.6) is 0 Å². The maximum Gasteiger partial charge on any atom is 0.257 e. The molecule has 0 saturated carbocycles. The van der Waals surface area contributed by atoms with Gasteiger partial charge in [-0.15, -0.1) is 0 Å². The van der Waals surface area contributed by atoms with E-state index >= 15 is 0 Å². The van der Waals surface area contributed by atoms with Crippen molar-refractivity contribution in [2.75, 3.05) is 11.9 Å². The Bertz CT molecular complexity index is 1140. The van der Waals surface area contributed by atoms with Crippen LogP contribution in [-0.4, -0.2) is 27.2 Å². The first-order chi connectivity index (χ1) is 14.3. The number of benzene rings is 2. The first kappa shape index (κ1) is 21.7. The molecule has 0 aliphatic rings. The number of nitrogens with one attached hydrogen (secondary N) is 1. The number of hydrogen-bond acceptors (Lipinski definition) is 4. The first-order valence-electron chi connectivity index (χ1n) is 9.65. The SMILES string of the molecule is Cc1cccc(NC(=O)Cn2c(-c3ccc(Cl)cc3)nc(C)c(CCO)c2=O)c1C. The summed E-state index contributed by atoms with van der Waals surface area (Å²) < 4.78 is 1.35. The third-order valence-corrected chi connectivity index (χ3v) is 5.37. The lowest BCUT2D eigenvalue weighted by Crippen LogP contribution is -2.33. The van der Waals surface area contributed by atoms with Gasteiger partial charge in [0.25, 0.3) is 5.56 Å².